The predicted octanol–water partition coefficient (Wildman–Crippen LogP) is 5.30. The van der Waals surface area contributed by atoms with Crippen LogP contribution >= 0.6 is 11.6 Å². The van der Waals surface area contributed by atoms with E-state index >= 15 is 0 Å². The van der Waals surface area contributed by atoms with Crippen LogP contribution in [0.1, 0.15) is 27.0 Å². The lowest BCUT2D eigenvalue weighted by atomic mass is 10.1. The van der Waals surface area contributed by atoms with Crippen LogP contribution in [-0.2, 0) is 9.59 Å². The number of aryl methyl sites for hydroxylation is 3. The van der Waals surface area contributed by atoms with Crippen molar-refractivity contribution >= 4 is 46.4 Å². The maximum Gasteiger partial charge on any atom is 0.283 e. The zero-order valence-electron chi connectivity index (χ0n) is 18.4. The van der Waals surface area contributed by atoms with Gasteiger partial charge in [-0.3, -0.25) is 14.4 Å². The molecular weight excluding hydrogens is 438 g/mol. The molecule has 33 heavy (non-hydrogen) atoms. The SMILES string of the molecule is Cc1cccc(NC(=O)c2cccc(NC3=C(Cl)C(=O)N(c4ccc(C)c(C)c4)C3=O)c2)c1. The Labute approximate surface area is 196 Å². The predicted molar refractivity (Wildman–Crippen MR) is 130 cm³/mol. The molecule has 4 rings (SSSR count). The first-order valence-electron chi connectivity index (χ1n) is 10.4. The molecule has 1 aliphatic heterocycles. The van der Waals surface area contributed by atoms with Crippen LogP contribution in [0.2, 0.25) is 0 Å². The smallest absolute Gasteiger partial charge is 0.283 e. The van der Waals surface area contributed by atoms with Crippen LogP contribution < -0.4 is 15.5 Å². The highest BCUT2D eigenvalue weighted by molar-refractivity contribution is 6.53. The van der Waals surface area contributed by atoms with Gasteiger partial charge in [0.05, 0.1) is 5.69 Å². The van der Waals surface area contributed by atoms with Gasteiger partial charge < -0.3 is 10.6 Å². The summed E-state index contributed by atoms with van der Waals surface area (Å²) in [5, 5.41) is 5.57. The Morgan fingerprint density at radius 3 is 2.27 bits per heavy atom. The third-order valence-electron chi connectivity index (χ3n) is 5.45. The van der Waals surface area contributed by atoms with Gasteiger partial charge in [-0.25, -0.2) is 4.90 Å². The van der Waals surface area contributed by atoms with Gasteiger partial charge in [0.15, 0.2) is 0 Å². The zero-order chi connectivity index (χ0) is 23.7. The van der Waals surface area contributed by atoms with E-state index in [4.69, 9.17) is 11.6 Å². The van der Waals surface area contributed by atoms with E-state index in [1.54, 1.807) is 36.4 Å². The molecule has 3 amide bonds. The molecule has 3 aromatic rings. The Morgan fingerprint density at radius 1 is 0.818 bits per heavy atom. The van der Waals surface area contributed by atoms with Crippen molar-refractivity contribution in [3.8, 4) is 0 Å². The van der Waals surface area contributed by atoms with Crippen LogP contribution in [0.4, 0.5) is 17.1 Å². The summed E-state index contributed by atoms with van der Waals surface area (Å²) in [5.41, 5.74) is 5.00. The van der Waals surface area contributed by atoms with Crippen molar-refractivity contribution < 1.29 is 14.4 Å². The third kappa shape index (κ3) is 4.52. The average molecular weight is 460 g/mol. The van der Waals surface area contributed by atoms with E-state index in [1.165, 1.54) is 0 Å². The first kappa shape index (κ1) is 22.3. The molecule has 6 nitrogen and oxygen atoms in total. The summed E-state index contributed by atoms with van der Waals surface area (Å²) in [6, 6.07) is 19.4. The van der Waals surface area contributed by atoms with Gasteiger partial charge >= 0.3 is 0 Å². The maximum atomic E-state index is 13.0. The maximum absolute atomic E-state index is 13.0. The van der Waals surface area contributed by atoms with Crippen LogP contribution in [0.25, 0.3) is 0 Å². The molecule has 0 spiro atoms. The lowest BCUT2D eigenvalue weighted by molar-refractivity contribution is -0.120. The normalized spacial score (nSPS) is 13.5. The first-order chi connectivity index (χ1) is 15.7. The molecule has 0 aromatic heterocycles. The fourth-order valence-electron chi connectivity index (χ4n) is 3.52. The molecule has 1 heterocycles. The highest BCUT2D eigenvalue weighted by Gasteiger charge is 2.39. The molecule has 3 aromatic carbocycles. The molecular formula is C26H22ClN3O3. The molecule has 0 unspecified atom stereocenters. The Kier molecular flexibility index (Phi) is 6.03. The van der Waals surface area contributed by atoms with E-state index in [0.29, 0.717) is 22.6 Å². The van der Waals surface area contributed by atoms with Crippen molar-refractivity contribution in [1.82, 2.24) is 0 Å². The zero-order valence-corrected chi connectivity index (χ0v) is 19.2. The molecule has 166 valence electrons. The molecule has 0 saturated heterocycles. The number of carbonyl (C=O) groups excluding carboxylic acids is 3. The quantitative estimate of drug-likeness (QED) is 0.507. The summed E-state index contributed by atoms with van der Waals surface area (Å²) >= 11 is 6.24. The lowest BCUT2D eigenvalue weighted by Gasteiger charge is -2.16. The van der Waals surface area contributed by atoms with Gasteiger partial charge in [0.1, 0.15) is 10.7 Å². The van der Waals surface area contributed by atoms with Crippen LogP contribution in [0.15, 0.2) is 77.5 Å². The van der Waals surface area contributed by atoms with Crippen molar-refractivity contribution in [3.05, 3.63) is 99.7 Å². The van der Waals surface area contributed by atoms with Gasteiger partial charge in [0.2, 0.25) is 0 Å². The van der Waals surface area contributed by atoms with E-state index in [2.05, 4.69) is 10.6 Å². The minimum Gasteiger partial charge on any atom is -0.350 e. The molecule has 0 saturated carbocycles. The minimum atomic E-state index is -0.597. The number of imide groups is 1. The molecule has 0 bridgehead atoms. The second-order valence-electron chi connectivity index (χ2n) is 7.93. The number of hydrogen-bond donors (Lipinski definition) is 2. The number of amides is 3. The average Bonchev–Trinajstić information content (AvgIpc) is 2.99. The summed E-state index contributed by atoms with van der Waals surface area (Å²) in [4.78, 5) is 39.5. The van der Waals surface area contributed by atoms with Crippen LogP contribution in [0, 0.1) is 20.8 Å². The molecule has 7 heteroatoms. The summed E-state index contributed by atoms with van der Waals surface area (Å²) < 4.78 is 0. The minimum absolute atomic E-state index is 0.0314. The monoisotopic (exact) mass is 459 g/mol. The van der Waals surface area contributed by atoms with E-state index in [9.17, 15) is 14.4 Å². The van der Waals surface area contributed by atoms with Crippen molar-refractivity contribution in [2.24, 2.45) is 0 Å². The number of anilines is 3. The van der Waals surface area contributed by atoms with Gasteiger partial charge in [-0.15, -0.1) is 0 Å². The number of nitrogens with one attached hydrogen (secondary N) is 2. The van der Waals surface area contributed by atoms with Crippen molar-refractivity contribution in [1.29, 1.82) is 0 Å². The summed E-state index contributed by atoms with van der Waals surface area (Å²) in [6.45, 7) is 5.80. The summed E-state index contributed by atoms with van der Waals surface area (Å²) in [6.07, 6.45) is 0. The molecule has 1 aliphatic rings. The molecule has 0 aliphatic carbocycles. The Balaban J connectivity index is 1.55. The van der Waals surface area contributed by atoms with Crippen LogP contribution in [0.5, 0.6) is 0 Å². The van der Waals surface area contributed by atoms with Crippen molar-refractivity contribution in [2.45, 2.75) is 20.8 Å². The molecule has 2 N–H and O–H groups in total. The van der Waals surface area contributed by atoms with E-state index < -0.39 is 11.8 Å². The van der Waals surface area contributed by atoms with Crippen molar-refractivity contribution in [3.63, 3.8) is 0 Å². The fraction of sp³-hybridized carbons (Fsp3) is 0.115. The van der Waals surface area contributed by atoms with E-state index in [1.807, 2.05) is 51.1 Å². The number of carbonyl (C=O) groups is 3. The largest absolute Gasteiger partial charge is 0.350 e. The number of halogens is 1. The number of rotatable bonds is 5. The number of hydrogen-bond acceptors (Lipinski definition) is 4. The third-order valence-corrected chi connectivity index (χ3v) is 5.80. The summed E-state index contributed by atoms with van der Waals surface area (Å²) in [7, 11) is 0. The van der Waals surface area contributed by atoms with Gasteiger partial charge in [-0.1, -0.05) is 35.9 Å². The first-order valence-corrected chi connectivity index (χ1v) is 10.7. The van der Waals surface area contributed by atoms with Gasteiger partial charge in [0, 0.05) is 16.9 Å². The Hall–Kier alpha value is -3.90. The lowest BCUT2D eigenvalue weighted by Crippen LogP contribution is -2.32. The second kappa shape index (κ2) is 8.92. The van der Waals surface area contributed by atoms with E-state index in [-0.39, 0.29) is 16.6 Å². The Bertz CT molecular complexity index is 1330. The molecule has 0 radical (unpaired) electrons. The molecule has 0 fully saturated rings. The number of nitrogens with zero attached hydrogens (tertiary/aromatic N) is 1. The molecule has 0 atom stereocenters. The summed E-state index contributed by atoms with van der Waals surface area (Å²) in [5.74, 6) is -1.45. The van der Waals surface area contributed by atoms with Gasteiger partial charge in [-0.2, -0.15) is 0 Å². The second-order valence-corrected chi connectivity index (χ2v) is 8.31. The number of benzene rings is 3. The van der Waals surface area contributed by atoms with E-state index in [0.717, 1.165) is 21.6 Å². The standard InChI is InChI=1S/C26H22ClN3O3/c1-15-6-4-8-19(12-15)29-24(31)18-7-5-9-20(14-18)28-23-22(27)25(32)30(26(23)33)21-11-10-16(2)17(3)13-21/h4-14,28H,1-3H3,(H,29,31). The van der Waals surface area contributed by atoms with Crippen LogP contribution in [0.3, 0.4) is 0 Å². The van der Waals surface area contributed by atoms with Gasteiger partial charge in [0.25, 0.3) is 17.7 Å². The highest BCUT2D eigenvalue weighted by Crippen LogP contribution is 2.31. The fourth-order valence-corrected chi connectivity index (χ4v) is 3.73. The highest BCUT2D eigenvalue weighted by atomic mass is 35.5. The van der Waals surface area contributed by atoms with Gasteiger partial charge in [-0.05, 0) is 79.9 Å². The topological polar surface area (TPSA) is 78.5 Å². The van der Waals surface area contributed by atoms with Crippen LogP contribution in [-0.4, -0.2) is 17.7 Å². The Morgan fingerprint density at radius 2 is 1.55 bits per heavy atom. The van der Waals surface area contributed by atoms with Crippen molar-refractivity contribution in [2.75, 3.05) is 15.5 Å².